The molecule has 0 atom stereocenters. The molecule has 0 aliphatic carbocycles. The maximum Gasteiger partial charge on any atom is 0.138 e. The van der Waals surface area contributed by atoms with Crippen molar-refractivity contribution in [2.45, 2.75) is 4.90 Å². The van der Waals surface area contributed by atoms with E-state index in [9.17, 15) is 5.11 Å². The molecule has 0 saturated heterocycles. The number of aromatic hydroxyl groups is 1. The van der Waals surface area contributed by atoms with Crippen molar-refractivity contribution in [2.75, 3.05) is 5.32 Å². The van der Waals surface area contributed by atoms with Crippen LogP contribution < -0.4 is 5.32 Å². The molecule has 0 aromatic heterocycles. The Morgan fingerprint density at radius 3 is 2.47 bits per heavy atom. The van der Waals surface area contributed by atoms with Crippen molar-refractivity contribution in [3.05, 3.63) is 48.5 Å². The molecule has 3 nitrogen and oxygen atoms in total. The minimum atomic E-state index is 0.232. The van der Waals surface area contributed by atoms with Crippen molar-refractivity contribution in [1.82, 2.24) is 0 Å². The summed E-state index contributed by atoms with van der Waals surface area (Å²) in [6.07, 6.45) is 0. The number of anilines is 2. The molecule has 84 valence electrons. The molecule has 4 heteroatoms. The summed E-state index contributed by atoms with van der Waals surface area (Å²) in [5, 5.41) is 23.1. The molecule has 0 amide bonds. The Morgan fingerprint density at radius 1 is 1.06 bits per heavy atom. The van der Waals surface area contributed by atoms with Crippen LogP contribution in [0.3, 0.4) is 0 Å². The van der Waals surface area contributed by atoms with Crippen LogP contribution in [-0.4, -0.2) is 5.11 Å². The van der Waals surface area contributed by atoms with E-state index in [2.05, 4.69) is 10.7 Å². The zero-order valence-corrected chi connectivity index (χ0v) is 9.74. The summed E-state index contributed by atoms with van der Waals surface area (Å²) >= 11 is 1.12. The quantitative estimate of drug-likeness (QED) is 0.489. The van der Waals surface area contributed by atoms with Gasteiger partial charge in [0.25, 0.3) is 0 Å². The Hall–Kier alpha value is -2.12. The average Bonchev–Trinajstić information content (AvgIpc) is 2.35. The van der Waals surface area contributed by atoms with Gasteiger partial charge in [0.15, 0.2) is 0 Å². The van der Waals surface area contributed by atoms with Crippen LogP contribution in [0.25, 0.3) is 0 Å². The van der Waals surface area contributed by atoms with Crippen LogP contribution in [0.4, 0.5) is 11.4 Å². The van der Waals surface area contributed by atoms with E-state index in [-0.39, 0.29) is 5.75 Å². The van der Waals surface area contributed by atoms with Gasteiger partial charge in [-0.3, -0.25) is 0 Å². The number of para-hydroxylation sites is 1. The summed E-state index contributed by atoms with van der Waals surface area (Å²) in [4.78, 5) is 0.878. The number of phenolic OH excluding ortho intramolecular Hbond substituents is 1. The molecule has 0 heterocycles. The first kappa shape index (κ1) is 11.4. The van der Waals surface area contributed by atoms with Gasteiger partial charge in [0.2, 0.25) is 0 Å². The minimum Gasteiger partial charge on any atom is -0.508 e. The van der Waals surface area contributed by atoms with Gasteiger partial charge >= 0.3 is 0 Å². The van der Waals surface area contributed by atoms with Gasteiger partial charge in [-0.15, -0.1) is 0 Å². The summed E-state index contributed by atoms with van der Waals surface area (Å²) in [6.45, 7) is 0. The summed E-state index contributed by atoms with van der Waals surface area (Å²) < 4.78 is 0. The molecule has 2 N–H and O–H groups in total. The first-order valence-electron chi connectivity index (χ1n) is 5.00. The van der Waals surface area contributed by atoms with E-state index >= 15 is 0 Å². The van der Waals surface area contributed by atoms with Crippen LogP contribution in [0.5, 0.6) is 5.75 Å². The second kappa shape index (κ2) is 5.28. The molecule has 0 saturated carbocycles. The molecule has 0 aliphatic heterocycles. The lowest BCUT2D eigenvalue weighted by atomic mass is 10.2. The van der Waals surface area contributed by atoms with Crippen LogP contribution >= 0.6 is 11.8 Å². The van der Waals surface area contributed by atoms with E-state index < -0.39 is 0 Å². The second-order valence-corrected chi connectivity index (χ2v) is 4.19. The van der Waals surface area contributed by atoms with Crippen LogP contribution in [0.1, 0.15) is 0 Å². The first-order chi connectivity index (χ1) is 8.29. The number of nitriles is 1. The van der Waals surface area contributed by atoms with Gasteiger partial charge in [-0.1, -0.05) is 12.1 Å². The van der Waals surface area contributed by atoms with Gasteiger partial charge in [-0.05, 0) is 48.2 Å². The van der Waals surface area contributed by atoms with Crippen molar-refractivity contribution in [1.29, 1.82) is 5.26 Å². The maximum atomic E-state index is 9.19. The topological polar surface area (TPSA) is 56.0 Å². The van der Waals surface area contributed by atoms with Crippen molar-refractivity contribution in [3.63, 3.8) is 0 Å². The fourth-order valence-corrected chi connectivity index (χ4v) is 1.88. The van der Waals surface area contributed by atoms with Crippen LogP contribution in [0.15, 0.2) is 53.4 Å². The minimum absolute atomic E-state index is 0.232. The van der Waals surface area contributed by atoms with Crippen LogP contribution in [0, 0.1) is 10.7 Å². The van der Waals surface area contributed by atoms with E-state index in [0.29, 0.717) is 0 Å². The Kier molecular flexibility index (Phi) is 3.53. The Balaban J connectivity index is 2.24. The summed E-state index contributed by atoms with van der Waals surface area (Å²) in [6, 6.07) is 14.4. The highest BCUT2D eigenvalue weighted by molar-refractivity contribution is 8.03. The number of thioether (sulfide) groups is 1. The van der Waals surface area contributed by atoms with Gasteiger partial charge in [0.05, 0.1) is 5.69 Å². The Labute approximate surface area is 104 Å². The van der Waals surface area contributed by atoms with Crippen LogP contribution in [0.2, 0.25) is 0 Å². The van der Waals surface area contributed by atoms with Gasteiger partial charge in [-0.25, -0.2) is 0 Å². The Bertz CT molecular complexity index is 546. The van der Waals surface area contributed by atoms with Crippen LogP contribution in [-0.2, 0) is 0 Å². The van der Waals surface area contributed by atoms with E-state index in [4.69, 9.17) is 5.26 Å². The number of rotatable bonds is 3. The lowest BCUT2D eigenvalue weighted by Gasteiger charge is -2.09. The van der Waals surface area contributed by atoms with E-state index in [0.717, 1.165) is 28.0 Å². The molecule has 2 aromatic rings. The number of hydrogen-bond donors (Lipinski definition) is 2. The zero-order valence-electron chi connectivity index (χ0n) is 8.92. The molecule has 0 bridgehead atoms. The monoisotopic (exact) mass is 242 g/mol. The van der Waals surface area contributed by atoms with Crippen molar-refractivity contribution in [2.24, 2.45) is 0 Å². The standard InChI is InChI=1S/C13H10N2OS/c14-9-17-13-4-2-1-3-12(13)15-10-5-7-11(16)8-6-10/h1-8,15-16H. The highest BCUT2D eigenvalue weighted by Crippen LogP contribution is 2.29. The predicted octanol–water partition coefficient (Wildman–Crippen LogP) is 3.71. The normalized spacial score (nSPS) is 9.59. The van der Waals surface area contributed by atoms with Gasteiger partial charge < -0.3 is 10.4 Å². The molecular formula is C13H10N2OS. The van der Waals surface area contributed by atoms with Gasteiger partial charge in [-0.2, -0.15) is 5.26 Å². The van der Waals surface area contributed by atoms with Gasteiger partial charge in [0, 0.05) is 10.6 Å². The van der Waals surface area contributed by atoms with E-state index in [1.807, 2.05) is 24.3 Å². The smallest absolute Gasteiger partial charge is 0.138 e. The molecule has 0 fully saturated rings. The molecule has 0 spiro atoms. The molecule has 0 radical (unpaired) electrons. The highest BCUT2D eigenvalue weighted by atomic mass is 32.2. The third-order valence-electron chi connectivity index (χ3n) is 2.19. The third kappa shape index (κ3) is 2.92. The molecular weight excluding hydrogens is 232 g/mol. The van der Waals surface area contributed by atoms with E-state index in [1.165, 1.54) is 0 Å². The summed E-state index contributed by atoms with van der Waals surface area (Å²) in [5.74, 6) is 0.232. The number of thiocyanates is 1. The largest absolute Gasteiger partial charge is 0.508 e. The molecule has 2 aromatic carbocycles. The Morgan fingerprint density at radius 2 is 1.76 bits per heavy atom. The maximum absolute atomic E-state index is 9.19. The third-order valence-corrected chi connectivity index (χ3v) is 2.86. The number of phenols is 1. The number of hydrogen-bond acceptors (Lipinski definition) is 4. The predicted molar refractivity (Wildman–Crippen MR) is 69.3 cm³/mol. The van der Waals surface area contributed by atoms with Crippen molar-refractivity contribution >= 4 is 23.1 Å². The average molecular weight is 242 g/mol. The molecule has 2 rings (SSSR count). The fraction of sp³-hybridized carbons (Fsp3) is 0. The number of nitrogens with zero attached hydrogens (tertiary/aromatic N) is 1. The molecule has 0 unspecified atom stereocenters. The lowest BCUT2D eigenvalue weighted by Crippen LogP contribution is -1.91. The number of benzene rings is 2. The van der Waals surface area contributed by atoms with Crippen molar-refractivity contribution < 1.29 is 5.11 Å². The van der Waals surface area contributed by atoms with Crippen molar-refractivity contribution in [3.8, 4) is 11.2 Å². The second-order valence-electron chi connectivity index (χ2n) is 3.36. The zero-order chi connectivity index (χ0) is 12.1. The molecule has 0 aliphatic rings. The molecule has 17 heavy (non-hydrogen) atoms. The fourth-order valence-electron chi connectivity index (χ4n) is 1.41. The number of nitrogens with one attached hydrogen (secondary N) is 1. The van der Waals surface area contributed by atoms with Gasteiger partial charge in [0.1, 0.15) is 11.2 Å². The highest BCUT2D eigenvalue weighted by Gasteiger charge is 2.02. The summed E-state index contributed by atoms with van der Waals surface area (Å²) in [5.41, 5.74) is 1.75. The first-order valence-corrected chi connectivity index (χ1v) is 5.82. The lowest BCUT2D eigenvalue weighted by molar-refractivity contribution is 0.475. The van der Waals surface area contributed by atoms with E-state index in [1.54, 1.807) is 24.3 Å². The SMILES string of the molecule is N#CSc1ccccc1Nc1ccc(O)cc1. The summed E-state index contributed by atoms with van der Waals surface area (Å²) in [7, 11) is 0.